The number of nitrogens with zero attached hydrogens (tertiary/aromatic N) is 3. The van der Waals surface area contributed by atoms with Crippen LogP contribution in [0.1, 0.15) is 30.9 Å². The van der Waals surface area contributed by atoms with Gasteiger partial charge < -0.3 is 9.13 Å². The van der Waals surface area contributed by atoms with Gasteiger partial charge in [0.2, 0.25) is 0 Å². The van der Waals surface area contributed by atoms with E-state index in [1.807, 2.05) is 12.3 Å². The first-order valence-electron chi connectivity index (χ1n) is 14.7. The lowest BCUT2D eigenvalue weighted by Gasteiger charge is -2.25. The Bertz CT molecular complexity index is 2180. The topological polar surface area (TPSA) is 22.8 Å². The van der Waals surface area contributed by atoms with Gasteiger partial charge in [0.1, 0.15) is 0 Å². The van der Waals surface area contributed by atoms with Crippen LogP contribution >= 0.6 is 0 Å². The predicted molar refractivity (Wildman–Crippen MR) is 177 cm³/mol. The van der Waals surface area contributed by atoms with Crippen molar-refractivity contribution in [2.75, 3.05) is 0 Å². The van der Waals surface area contributed by atoms with Crippen LogP contribution in [0.3, 0.4) is 0 Å². The largest absolute Gasteiger partial charge is 0.309 e. The zero-order valence-corrected chi connectivity index (χ0v) is 24.0. The van der Waals surface area contributed by atoms with Crippen molar-refractivity contribution in [3.8, 4) is 22.6 Å². The zero-order valence-electron chi connectivity index (χ0n) is 24.0. The van der Waals surface area contributed by atoms with E-state index in [2.05, 4.69) is 145 Å². The minimum absolute atomic E-state index is 0.267. The van der Waals surface area contributed by atoms with E-state index in [4.69, 9.17) is 4.98 Å². The van der Waals surface area contributed by atoms with E-state index in [0.29, 0.717) is 0 Å². The van der Waals surface area contributed by atoms with Gasteiger partial charge in [-0.1, -0.05) is 92.7 Å². The highest BCUT2D eigenvalue weighted by Crippen LogP contribution is 2.44. The Kier molecular flexibility index (Phi) is 5.55. The maximum absolute atomic E-state index is 4.93. The number of rotatable bonds is 4. The van der Waals surface area contributed by atoms with Crippen LogP contribution in [0, 0.1) is 6.92 Å². The number of benzene rings is 5. The molecule has 0 aliphatic carbocycles. The summed E-state index contributed by atoms with van der Waals surface area (Å²) in [7, 11) is 0. The highest BCUT2D eigenvalue weighted by molar-refractivity contribution is 6.11. The Hall–Kier alpha value is -5.15. The first-order chi connectivity index (χ1) is 20.6. The zero-order chi connectivity index (χ0) is 28.4. The fourth-order valence-electron chi connectivity index (χ4n) is 6.98. The SMILES string of the molecule is Cc1c(-n2c3ccccc3c3ccccc32)cc(-n2c3ccccc3c3ccccc32)c(C(C)C)c1-c1ccccn1. The maximum Gasteiger partial charge on any atom is 0.0709 e. The molecule has 0 radical (unpaired) electrons. The number of hydrogen-bond donors (Lipinski definition) is 0. The summed E-state index contributed by atoms with van der Waals surface area (Å²) in [4.78, 5) is 4.93. The molecule has 202 valence electrons. The van der Waals surface area contributed by atoms with Gasteiger partial charge in [0.05, 0.1) is 39.1 Å². The molecule has 3 heteroatoms. The number of pyridine rings is 1. The van der Waals surface area contributed by atoms with Gasteiger partial charge >= 0.3 is 0 Å². The van der Waals surface area contributed by atoms with E-state index < -0.39 is 0 Å². The molecule has 0 aliphatic rings. The molecule has 3 aromatic heterocycles. The van der Waals surface area contributed by atoms with Gasteiger partial charge in [0, 0.05) is 33.3 Å². The molecule has 0 spiro atoms. The third-order valence-electron chi connectivity index (χ3n) is 8.72. The van der Waals surface area contributed by atoms with Crippen molar-refractivity contribution in [2.45, 2.75) is 26.7 Å². The Morgan fingerprint density at radius 2 is 0.952 bits per heavy atom. The summed E-state index contributed by atoms with van der Waals surface area (Å²) in [5, 5.41) is 5.05. The average molecular weight is 542 g/mol. The van der Waals surface area contributed by atoms with Gasteiger partial charge in [-0.05, 0) is 66.4 Å². The number of para-hydroxylation sites is 4. The van der Waals surface area contributed by atoms with Crippen molar-refractivity contribution >= 4 is 43.6 Å². The molecule has 8 rings (SSSR count). The van der Waals surface area contributed by atoms with E-state index in [1.165, 1.54) is 71.7 Å². The van der Waals surface area contributed by atoms with Crippen LogP contribution < -0.4 is 0 Å². The number of aromatic nitrogens is 3. The second-order valence-corrected chi connectivity index (χ2v) is 11.4. The molecule has 42 heavy (non-hydrogen) atoms. The molecule has 0 unspecified atom stereocenters. The molecule has 0 aliphatic heterocycles. The summed E-state index contributed by atoms with van der Waals surface area (Å²) < 4.78 is 4.93. The van der Waals surface area contributed by atoms with Gasteiger partial charge in [-0.15, -0.1) is 0 Å². The van der Waals surface area contributed by atoms with Crippen LogP contribution in [0.2, 0.25) is 0 Å². The molecule has 0 saturated heterocycles. The first kappa shape index (κ1) is 24.6. The van der Waals surface area contributed by atoms with E-state index in [9.17, 15) is 0 Å². The van der Waals surface area contributed by atoms with E-state index in [0.717, 1.165) is 5.69 Å². The third kappa shape index (κ3) is 3.50. The summed E-state index contributed by atoms with van der Waals surface area (Å²) in [6.07, 6.45) is 1.91. The summed E-state index contributed by atoms with van der Waals surface area (Å²) >= 11 is 0. The Labute approximate surface area is 245 Å². The van der Waals surface area contributed by atoms with Gasteiger partial charge in [-0.2, -0.15) is 0 Å². The van der Waals surface area contributed by atoms with Crippen LogP contribution in [0.4, 0.5) is 0 Å². The monoisotopic (exact) mass is 541 g/mol. The highest BCUT2D eigenvalue weighted by atomic mass is 15.0. The fourth-order valence-corrected chi connectivity index (χ4v) is 6.98. The van der Waals surface area contributed by atoms with Crippen LogP contribution in [0.25, 0.3) is 66.2 Å². The Morgan fingerprint density at radius 3 is 1.38 bits per heavy atom. The molecule has 0 bridgehead atoms. The average Bonchev–Trinajstić information content (AvgIpc) is 3.54. The molecular weight excluding hydrogens is 510 g/mol. The number of fused-ring (bicyclic) bond motifs is 6. The predicted octanol–water partition coefficient (Wildman–Crippen LogP) is 10.4. The van der Waals surface area contributed by atoms with Crippen molar-refractivity contribution in [1.29, 1.82) is 0 Å². The Morgan fingerprint density at radius 1 is 0.524 bits per heavy atom. The molecule has 8 aromatic rings. The lowest BCUT2D eigenvalue weighted by atomic mass is 9.88. The lowest BCUT2D eigenvalue weighted by Crippen LogP contribution is -2.10. The van der Waals surface area contributed by atoms with Crippen molar-refractivity contribution < 1.29 is 0 Å². The first-order valence-corrected chi connectivity index (χ1v) is 14.7. The van der Waals surface area contributed by atoms with Crippen molar-refractivity contribution in [2.24, 2.45) is 0 Å². The summed E-state index contributed by atoms with van der Waals surface area (Å²) in [6, 6.07) is 43.7. The van der Waals surface area contributed by atoms with Crippen molar-refractivity contribution in [1.82, 2.24) is 14.1 Å². The summed E-state index contributed by atoms with van der Waals surface area (Å²) in [5.41, 5.74) is 12.0. The molecule has 3 nitrogen and oxygen atoms in total. The van der Waals surface area contributed by atoms with Gasteiger partial charge in [0.25, 0.3) is 0 Å². The lowest BCUT2D eigenvalue weighted by molar-refractivity contribution is 0.852. The highest BCUT2D eigenvalue weighted by Gasteiger charge is 2.25. The molecule has 5 aromatic carbocycles. The molecular formula is C39H31N3. The molecule has 0 atom stereocenters. The van der Waals surface area contributed by atoms with Crippen molar-refractivity contribution in [3.63, 3.8) is 0 Å². The standard InChI is InChI=1S/C39H31N3/c1-25(2)38-37(42-34-21-10-6-16-29(34)30-17-7-11-22-35(30)42)24-36(26(3)39(38)31-18-12-13-23-40-31)41-32-19-8-4-14-27(32)28-15-5-9-20-33(28)41/h4-25H,1-3H3. The molecule has 0 amide bonds. The minimum atomic E-state index is 0.267. The van der Waals surface area contributed by atoms with Crippen molar-refractivity contribution in [3.05, 3.63) is 139 Å². The molecule has 0 N–H and O–H groups in total. The summed E-state index contributed by atoms with van der Waals surface area (Å²) in [5.74, 6) is 0.267. The second kappa shape index (κ2) is 9.46. The van der Waals surface area contributed by atoms with E-state index >= 15 is 0 Å². The second-order valence-electron chi connectivity index (χ2n) is 11.4. The molecule has 0 saturated carbocycles. The van der Waals surface area contributed by atoms with E-state index in [1.54, 1.807) is 0 Å². The van der Waals surface area contributed by atoms with E-state index in [-0.39, 0.29) is 5.92 Å². The van der Waals surface area contributed by atoms with Crippen LogP contribution in [0.15, 0.2) is 128 Å². The van der Waals surface area contributed by atoms with Crippen LogP contribution in [-0.4, -0.2) is 14.1 Å². The van der Waals surface area contributed by atoms with Gasteiger partial charge in [-0.3, -0.25) is 4.98 Å². The Balaban J connectivity index is 1.60. The van der Waals surface area contributed by atoms with Crippen LogP contribution in [-0.2, 0) is 0 Å². The number of hydrogen-bond acceptors (Lipinski definition) is 1. The van der Waals surface area contributed by atoms with Gasteiger partial charge in [-0.25, -0.2) is 0 Å². The van der Waals surface area contributed by atoms with Crippen LogP contribution in [0.5, 0.6) is 0 Å². The van der Waals surface area contributed by atoms with Gasteiger partial charge in [0.15, 0.2) is 0 Å². The minimum Gasteiger partial charge on any atom is -0.309 e. The maximum atomic E-state index is 4.93. The fraction of sp³-hybridized carbons (Fsp3) is 0.103. The molecule has 3 heterocycles. The third-order valence-corrected chi connectivity index (χ3v) is 8.72. The molecule has 0 fully saturated rings. The smallest absolute Gasteiger partial charge is 0.0709 e. The summed E-state index contributed by atoms with van der Waals surface area (Å²) in [6.45, 7) is 6.88. The quantitative estimate of drug-likeness (QED) is 0.217. The normalized spacial score (nSPS) is 11.9.